The van der Waals surface area contributed by atoms with Crippen LogP contribution in [0.5, 0.6) is 5.75 Å². The van der Waals surface area contributed by atoms with Gasteiger partial charge in [-0.1, -0.05) is 47.7 Å². The Morgan fingerprint density at radius 1 is 1.19 bits per heavy atom. The smallest absolute Gasteiger partial charge is 0.233 e. The molecule has 1 amide bonds. The van der Waals surface area contributed by atoms with E-state index in [0.29, 0.717) is 13.0 Å². The molecule has 1 aliphatic rings. The number of hydrogen-bond donors (Lipinski definition) is 0. The van der Waals surface area contributed by atoms with Gasteiger partial charge in [-0.3, -0.25) is 14.6 Å². The Balaban J connectivity index is 1.57. The van der Waals surface area contributed by atoms with Crippen molar-refractivity contribution in [3.8, 4) is 5.75 Å². The minimum atomic E-state index is 0.0730. The summed E-state index contributed by atoms with van der Waals surface area (Å²) < 4.78 is 12.0. The van der Waals surface area contributed by atoms with Gasteiger partial charge >= 0.3 is 0 Å². The molecule has 2 heterocycles. The molecule has 7 heteroatoms. The largest absolute Gasteiger partial charge is 0.494 e. The molecule has 0 radical (unpaired) electrons. The molecule has 0 N–H and O–H groups in total. The van der Waals surface area contributed by atoms with Gasteiger partial charge in [-0.25, -0.2) is 4.98 Å². The number of amides is 1. The molecule has 4 rings (SSSR count). The molecular formula is C24H29N3O3S. The third kappa shape index (κ3) is 5.23. The fraction of sp³-hybridized carbons (Fsp3) is 0.417. The number of fused-ring (bicyclic) bond motifs is 1. The quantitative estimate of drug-likeness (QED) is 0.533. The van der Waals surface area contributed by atoms with Crippen LogP contribution >= 0.6 is 11.3 Å². The first-order chi connectivity index (χ1) is 15.2. The Morgan fingerprint density at radius 3 is 2.71 bits per heavy atom. The highest BCUT2D eigenvalue weighted by Crippen LogP contribution is 2.36. The van der Waals surface area contributed by atoms with Crippen LogP contribution < -0.4 is 9.64 Å². The number of anilines is 1. The lowest BCUT2D eigenvalue weighted by Crippen LogP contribution is -2.39. The van der Waals surface area contributed by atoms with Crippen LogP contribution in [0.4, 0.5) is 5.13 Å². The van der Waals surface area contributed by atoms with Crippen LogP contribution in [-0.2, 0) is 16.0 Å². The van der Waals surface area contributed by atoms with Gasteiger partial charge in [-0.05, 0) is 30.5 Å². The molecule has 0 aliphatic carbocycles. The Bertz CT molecular complexity index is 1020. The van der Waals surface area contributed by atoms with E-state index >= 15 is 0 Å². The first kappa shape index (κ1) is 21.7. The summed E-state index contributed by atoms with van der Waals surface area (Å²) in [7, 11) is 1.66. The van der Waals surface area contributed by atoms with E-state index in [9.17, 15) is 4.79 Å². The molecule has 1 aromatic heterocycles. The fourth-order valence-electron chi connectivity index (χ4n) is 3.85. The van der Waals surface area contributed by atoms with E-state index in [1.165, 1.54) is 0 Å². The molecule has 0 atom stereocenters. The van der Waals surface area contributed by atoms with Gasteiger partial charge in [-0.2, -0.15) is 0 Å². The first-order valence-corrected chi connectivity index (χ1v) is 11.6. The van der Waals surface area contributed by atoms with Gasteiger partial charge in [0.1, 0.15) is 11.3 Å². The normalized spacial score (nSPS) is 14.6. The van der Waals surface area contributed by atoms with Crippen molar-refractivity contribution in [2.45, 2.75) is 19.8 Å². The third-order valence-corrected chi connectivity index (χ3v) is 6.82. The van der Waals surface area contributed by atoms with Gasteiger partial charge < -0.3 is 9.47 Å². The standard InChI is InChI=1S/C24H29N3O3S/c1-18-9-10-20(29-2)22-23(18)31-24(25-22)27(12-6-11-26-13-15-30-16-14-26)21(28)17-19-7-4-3-5-8-19/h3-5,7-10H,6,11-17H2,1-2H3. The molecular weight excluding hydrogens is 410 g/mol. The van der Waals surface area contributed by atoms with Crippen LogP contribution in [0.1, 0.15) is 17.5 Å². The number of methoxy groups -OCH3 is 1. The summed E-state index contributed by atoms with van der Waals surface area (Å²) in [5.74, 6) is 0.815. The average Bonchev–Trinajstić information content (AvgIpc) is 3.24. The van der Waals surface area contributed by atoms with Crippen LogP contribution in [0.3, 0.4) is 0 Å². The number of benzene rings is 2. The van der Waals surface area contributed by atoms with Gasteiger partial charge in [0.25, 0.3) is 0 Å². The predicted molar refractivity (Wildman–Crippen MR) is 125 cm³/mol. The van der Waals surface area contributed by atoms with Gasteiger partial charge in [0.05, 0.1) is 31.4 Å². The van der Waals surface area contributed by atoms with Crippen molar-refractivity contribution in [1.29, 1.82) is 0 Å². The van der Waals surface area contributed by atoms with Crippen LogP contribution in [0, 0.1) is 6.92 Å². The topological polar surface area (TPSA) is 54.9 Å². The van der Waals surface area contributed by atoms with E-state index in [1.54, 1.807) is 18.4 Å². The molecule has 164 valence electrons. The molecule has 2 aromatic carbocycles. The lowest BCUT2D eigenvalue weighted by molar-refractivity contribution is -0.118. The summed E-state index contributed by atoms with van der Waals surface area (Å²) >= 11 is 1.57. The van der Waals surface area contributed by atoms with Crippen LogP contribution in [0.25, 0.3) is 10.2 Å². The second-order valence-electron chi connectivity index (χ2n) is 7.77. The minimum absolute atomic E-state index is 0.0730. The lowest BCUT2D eigenvalue weighted by Gasteiger charge is -2.27. The van der Waals surface area contributed by atoms with Crippen LogP contribution in [-0.4, -0.2) is 62.3 Å². The summed E-state index contributed by atoms with van der Waals surface area (Å²) in [4.78, 5) is 22.4. The Labute approximate surface area is 187 Å². The maximum Gasteiger partial charge on any atom is 0.233 e. The molecule has 31 heavy (non-hydrogen) atoms. The van der Waals surface area contributed by atoms with Gasteiger partial charge in [0.15, 0.2) is 5.13 Å². The maximum absolute atomic E-state index is 13.3. The fourth-order valence-corrected chi connectivity index (χ4v) is 4.94. The molecule has 0 bridgehead atoms. The van der Waals surface area contributed by atoms with E-state index in [1.807, 2.05) is 47.4 Å². The number of morpholine rings is 1. The van der Waals surface area contributed by atoms with Crippen molar-refractivity contribution in [2.75, 3.05) is 51.4 Å². The van der Waals surface area contributed by atoms with Crippen molar-refractivity contribution in [3.05, 3.63) is 53.6 Å². The summed E-state index contributed by atoms with van der Waals surface area (Å²) in [6.45, 7) is 7.14. The second-order valence-corrected chi connectivity index (χ2v) is 8.75. The SMILES string of the molecule is COc1ccc(C)c2sc(N(CCCN3CCOCC3)C(=O)Cc3ccccc3)nc12. The molecule has 0 saturated carbocycles. The maximum atomic E-state index is 13.3. The highest BCUT2D eigenvalue weighted by Gasteiger charge is 2.22. The zero-order chi connectivity index (χ0) is 21.6. The zero-order valence-electron chi connectivity index (χ0n) is 18.2. The van der Waals surface area contributed by atoms with Gasteiger partial charge in [0, 0.05) is 26.2 Å². The van der Waals surface area contributed by atoms with E-state index in [0.717, 1.165) is 71.5 Å². The van der Waals surface area contributed by atoms with Crippen molar-refractivity contribution < 1.29 is 14.3 Å². The van der Waals surface area contributed by atoms with E-state index < -0.39 is 0 Å². The molecule has 1 saturated heterocycles. The highest BCUT2D eigenvalue weighted by atomic mass is 32.1. The molecule has 0 unspecified atom stereocenters. The number of aromatic nitrogens is 1. The zero-order valence-corrected chi connectivity index (χ0v) is 19.0. The number of hydrogen-bond acceptors (Lipinski definition) is 6. The van der Waals surface area contributed by atoms with Crippen molar-refractivity contribution in [2.24, 2.45) is 0 Å². The average molecular weight is 440 g/mol. The molecule has 1 aliphatic heterocycles. The van der Waals surface area contributed by atoms with Crippen LogP contribution in [0.2, 0.25) is 0 Å². The number of rotatable bonds is 8. The monoisotopic (exact) mass is 439 g/mol. The third-order valence-electron chi connectivity index (χ3n) is 5.60. The number of nitrogens with zero attached hydrogens (tertiary/aromatic N) is 3. The summed E-state index contributed by atoms with van der Waals surface area (Å²) in [5, 5.41) is 0.741. The van der Waals surface area contributed by atoms with Crippen molar-refractivity contribution in [3.63, 3.8) is 0 Å². The summed E-state index contributed by atoms with van der Waals surface area (Å²) in [5.41, 5.74) is 2.98. The highest BCUT2D eigenvalue weighted by molar-refractivity contribution is 7.22. The van der Waals surface area contributed by atoms with E-state index in [-0.39, 0.29) is 5.91 Å². The predicted octanol–water partition coefficient (Wildman–Crippen LogP) is 3.91. The number of carbonyl (C=O) groups is 1. The molecule has 6 nitrogen and oxygen atoms in total. The molecule has 1 fully saturated rings. The number of ether oxygens (including phenoxy) is 2. The Kier molecular flexibility index (Phi) is 7.17. The summed E-state index contributed by atoms with van der Waals surface area (Å²) in [6.07, 6.45) is 1.26. The lowest BCUT2D eigenvalue weighted by atomic mass is 10.1. The molecule has 3 aromatic rings. The number of thiazole rings is 1. The second kappa shape index (κ2) is 10.2. The summed E-state index contributed by atoms with van der Waals surface area (Å²) in [6, 6.07) is 13.9. The Morgan fingerprint density at radius 2 is 1.97 bits per heavy atom. The minimum Gasteiger partial charge on any atom is -0.494 e. The van der Waals surface area contributed by atoms with Crippen molar-refractivity contribution in [1.82, 2.24) is 9.88 Å². The van der Waals surface area contributed by atoms with Gasteiger partial charge in [0.2, 0.25) is 5.91 Å². The Hall–Kier alpha value is -2.48. The van der Waals surface area contributed by atoms with E-state index in [4.69, 9.17) is 14.5 Å². The number of aryl methyl sites for hydroxylation is 1. The van der Waals surface area contributed by atoms with Crippen LogP contribution in [0.15, 0.2) is 42.5 Å². The van der Waals surface area contributed by atoms with Gasteiger partial charge in [-0.15, -0.1) is 0 Å². The first-order valence-electron chi connectivity index (χ1n) is 10.7. The van der Waals surface area contributed by atoms with Crippen molar-refractivity contribution >= 4 is 32.6 Å². The van der Waals surface area contributed by atoms with E-state index in [2.05, 4.69) is 11.8 Å². The number of carbonyl (C=O) groups excluding carboxylic acids is 1. The molecule has 0 spiro atoms.